The first-order valence-electron chi connectivity index (χ1n) is 14.5. The van der Waals surface area contributed by atoms with Crippen LogP contribution in [0.1, 0.15) is 13.8 Å². The van der Waals surface area contributed by atoms with Gasteiger partial charge in [0.05, 0.1) is 22.1 Å². The summed E-state index contributed by atoms with van der Waals surface area (Å²) in [6, 6.07) is 49.3. The van der Waals surface area contributed by atoms with E-state index < -0.39 is 0 Å². The Morgan fingerprint density at radius 3 is 1.79 bits per heavy atom. The van der Waals surface area contributed by atoms with Gasteiger partial charge in [0.15, 0.2) is 0 Å². The van der Waals surface area contributed by atoms with Crippen LogP contribution in [0.15, 0.2) is 140 Å². The van der Waals surface area contributed by atoms with E-state index >= 15 is 0 Å². The number of hydrogen-bond donors (Lipinski definition) is 1. The van der Waals surface area contributed by atoms with Gasteiger partial charge in [0.25, 0.3) is 0 Å². The highest BCUT2D eigenvalue weighted by atomic mass is 16.2. The van der Waals surface area contributed by atoms with Gasteiger partial charge in [-0.15, -0.1) is 0 Å². The normalized spacial score (nSPS) is 11.2. The lowest BCUT2D eigenvalue weighted by molar-refractivity contribution is 0.615. The van der Waals surface area contributed by atoms with E-state index in [4.69, 9.17) is 0 Å². The molecule has 42 heavy (non-hydrogen) atoms. The summed E-state index contributed by atoms with van der Waals surface area (Å²) in [7, 11) is 1.14. The molecule has 6 aromatic carbocycles. The smallest absolute Gasteiger partial charge is 0.326 e. The van der Waals surface area contributed by atoms with Crippen LogP contribution in [0.2, 0.25) is 0 Å². The van der Waals surface area contributed by atoms with Crippen molar-refractivity contribution in [1.82, 2.24) is 9.13 Å². The molecule has 8 rings (SSSR count). The lowest BCUT2D eigenvalue weighted by Crippen LogP contribution is -2.12. The lowest BCUT2D eigenvalue weighted by atomic mass is 9.89. The van der Waals surface area contributed by atoms with Gasteiger partial charge in [-0.05, 0) is 65.7 Å². The molecule has 201 valence electrons. The fourth-order valence-electron chi connectivity index (χ4n) is 6.24. The maximum Gasteiger partial charge on any atom is 0.326 e. The molecule has 0 unspecified atom stereocenters. The average Bonchev–Trinajstić information content (AvgIpc) is 3.59. The van der Waals surface area contributed by atoms with Crippen molar-refractivity contribution in [2.45, 2.75) is 13.8 Å². The van der Waals surface area contributed by atoms with Crippen LogP contribution in [0.5, 0.6) is 0 Å². The Hall–Kier alpha value is -5.06. The molecule has 0 amide bonds. The number of rotatable bonds is 4. The highest BCUT2D eigenvalue weighted by molar-refractivity contribution is 6.45. The van der Waals surface area contributed by atoms with Crippen molar-refractivity contribution in [3.05, 3.63) is 140 Å². The SMILES string of the molecule is CC.O[B]c1ccc(-n2c3ccccc3c3cc(-c4cccc5c4c4ccccc4n5-c4ccccc4)ccc32)cc1. The number of benzene rings is 6. The van der Waals surface area contributed by atoms with E-state index in [1.54, 1.807) is 0 Å². The van der Waals surface area contributed by atoms with Gasteiger partial charge in [0.1, 0.15) is 0 Å². The highest BCUT2D eigenvalue weighted by Gasteiger charge is 2.18. The Bertz CT molecular complexity index is 2190. The quantitative estimate of drug-likeness (QED) is 0.222. The van der Waals surface area contributed by atoms with E-state index in [0.717, 1.165) is 35.4 Å². The molecule has 1 N–H and O–H groups in total. The Morgan fingerprint density at radius 2 is 1.05 bits per heavy atom. The molecule has 0 spiro atoms. The summed E-state index contributed by atoms with van der Waals surface area (Å²) in [5, 5.41) is 14.4. The van der Waals surface area contributed by atoms with Crippen molar-refractivity contribution in [1.29, 1.82) is 0 Å². The first kappa shape index (κ1) is 25.9. The molecular weight excluding hydrogens is 511 g/mol. The number of nitrogens with zero attached hydrogens (tertiary/aromatic N) is 2. The van der Waals surface area contributed by atoms with E-state index in [1.807, 2.05) is 26.0 Å². The molecule has 2 heterocycles. The summed E-state index contributed by atoms with van der Waals surface area (Å²) < 4.78 is 4.67. The zero-order chi connectivity index (χ0) is 28.6. The van der Waals surface area contributed by atoms with Gasteiger partial charge in [0.2, 0.25) is 0 Å². The highest BCUT2D eigenvalue weighted by Crippen LogP contribution is 2.40. The molecule has 0 aliphatic rings. The maximum atomic E-state index is 9.42. The van der Waals surface area contributed by atoms with Crippen molar-refractivity contribution in [2.75, 3.05) is 0 Å². The first-order chi connectivity index (χ1) is 20.8. The summed E-state index contributed by atoms with van der Waals surface area (Å²) in [5.74, 6) is 0. The third-order valence-corrected chi connectivity index (χ3v) is 8.00. The zero-order valence-electron chi connectivity index (χ0n) is 23.7. The second kappa shape index (κ2) is 10.7. The first-order valence-corrected chi connectivity index (χ1v) is 14.5. The summed E-state index contributed by atoms with van der Waals surface area (Å²) in [6.45, 7) is 4.00. The zero-order valence-corrected chi connectivity index (χ0v) is 23.7. The monoisotopic (exact) mass is 541 g/mol. The molecule has 0 saturated carbocycles. The van der Waals surface area contributed by atoms with E-state index in [2.05, 4.69) is 137 Å². The van der Waals surface area contributed by atoms with Crippen molar-refractivity contribution in [3.8, 4) is 22.5 Å². The largest absolute Gasteiger partial charge is 0.450 e. The molecule has 3 nitrogen and oxygen atoms in total. The van der Waals surface area contributed by atoms with Gasteiger partial charge in [-0.25, -0.2) is 0 Å². The second-order valence-electron chi connectivity index (χ2n) is 10.2. The number of fused-ring (bicyclic) bond motifs is 6. The Labute approximate surface area is 246 Å². The third kappa shape index (κ3) is 4.03. The van der Waals surface area contributed by atoms with E-state index in [1.165, 1.54) is 43.7 Å². The van der Waals surface area contributed by atoms with Gasteiger partial charge >= 0.3 is 7.48 Å². The molecule has 0 bridgehead atoms. The van der Waals surface area contributed by atoms with E-state index in [-0.39, 0.29) is 0 Å². The molecule has 0 fully saturated rings. The molecule has 0 atom stereocenters. The van der Waals surface area contributed by atoms with Crippen molar-refractivity contribution in [3.63, 3.8) is 0 Å². The van der Waals surface area contributed by atoms with Gasteiger partial charge in [-0.3, -0.25) is 0 Å². The van der Waals surface area contributed by atoms with Crippen LogP contribution in [-0.2, 0) is 0 Å². The van der Waals surface area contributed by atoms with Gasteiger partial charge < -0.3 is 14.2 Å². The van der Waals surface area contributed by atoms with Crippen molar-refractivity contribution >= 4 is 56.6 Å². The molecule has 0 aliphatic heterocycles. The minimum Gasteiger partial charge on any atom is -0.450 e. The molecular formula is C38H30BN2O. The van der Waals surface area contributed by atoms with Crippen LogP contribution in [0.25, 0.3) is 66.1 Å². The lowest BCUT2D eigenvalue weighted by Gasteiger charge is -2.10. The van der Waals surface area contributed by atoms with Gasteiger partial charge in [-0.1, -0.05) is 104 Å². The van der Waals surface area contributed by atoms with E-state index in [9.17, 15) is 5.02 Å². The third-order valence-electron chi connectivity index (χ3n) is 8.00. The molecule has 8 aromatic rings. The van der Waals surface area contributed by atoms with Crippen molar-refractivity contribution < 1.29 is 5.02 Å². The minimum atomic E-state index is 0.787. The minimum absolute atomic E-state index is 0.787. The van der Waals surface area contributed by atoms with E-state index in [0.29, 0.717) is 0 Å². The summed E-state index contributed by atoms with van der Waals surface area (Å²) in [6.07, 6.45) is 0. The fraction of sp³-hybridized carbons (Fsp3) is 0.0526. The number of para-hydroxylation sites is 3. The Morgan fingerprint density at radius 1 is 0.476 bits per heavy atom. The number of aromatic nitrogens is 2. The van der Waals surface area contributed by atoms with Crippen LogP contribution in [0.4, 0.5) is 0 Å². The Balaban J connectivity index is 0.00000141. The predicted molar refractivity (Wildman–Crippen MR) is 180 cm³/mol. The maximum absolute atomic E-state index is 9.42. The fourth-order valence-corrected chi connectivity index (χ4v) is 6.24. The summed E-state index contributed by atoms with van der Waals surface area (Å²) in [5.41, 5.74) is 10.2. The standard InChI is InChI=1S/C36H24BN2O.C2H6/c40-37-25-18-20-27(21-19-25)38-32-14-6-4-11-29(32)31-23-24(17-22-34(31)38)28-13-8-16-35-36(28)30-12-5-7-15-33(30)39(35)26-9-2-1-3-10-26;1-2/h1-23,40H;1-2H3. The van der Waals surface area contributed by atoms with Crippen LogP contribution < -0.4 is 5.46 Å². The van der Waals surface area contributed by atoms with Crippen LogP contribution in [0.3, 0.4) is 0 Å². The topological polar surface area (TPSA) is 30.1 Å². The Kier molecular flexibility index (Phi) is 6.62. The molecule has 4 heteroatoms. The average molecular weight is 541 g/mol. The molecule has 1 radical (unpaired) electrons. The van der Waals surface area contributed by atoms with Gasteiger partial charge in [-0.2, -0.15) is 0 Å². The summed E-state index contributed by atoms with van der Waals surface area (Å²) in [4.78, 5) is 0. The molecule has 0 aliphatic carbocycles. The van der Waals surface area contributed by atoms with Crippen molar-refractivity contribution in [2.24, 2.45) is 0 Å². The molecule has 2 aromatic heterocycles. The van der Waals surface area contributed by atoms with Crippen LogP contribution >= 0.6 is 0 Å². The predicted octanol–water partition coefficient (Wildman–Crippen LogP) is 8.81. The number of hydrogen-bond acceptors (Lipinski definition) is 1. The molecule has 0 saturated heterocycles. The van der Waals surface area contributed by atoms with Gasteiger partial charge in [0, 0.05) is 32.9 Å². The van der Waals surface area contributed by atoms with Crippen LogP contribution in [-0.4, -0.2) is 21.6 Å². The van der Waals surface area contributed by atoms with Crippen LogP contribution in [0, 0.1) is 0 Å². The second-order valence-corrected chi connectivity index (χ2v) is 10.2. The summed E-state index contributed by atoms with van der Waals surface area (Å²) >= 11 is 0.